The fourth-order valence-corrected chi connectivity index (χ4v) is 1.81. The first-order valence-electron chi connectivity index (χ1n) is 5.00. The molecular formula is C11H12F2N2O. The molecule has 0 radical (unpaired) electrons. The first kappa shape index (κ1) is 11.0. The Morgan fingerprint density at radius 1 is 1.38 bits per heavy atom. The summed E-state index contributed by atoms with van der Waals surface area (Å²) in [5, 5.41) is 0. The molecule has 0 aliphatic carbocycles. The van der Waals surface area contributed by atoms with Crippen LogP contribution in [0.2, 0.25) is 0 Å². The number of nitrogens with zero attached hydrogens (tertiary/aromatic N) is 1. The van der Waals surface area contributed by atoms with E-state index in [1.807, 2.05) is 0 Å². The Bertz CT molecular complexity index is 448. The molecule has 3 nitrogen and oxygen atoms in total. The Morgan fingerprint density at radius 3 is 2.62 bits per heavy atom. The maximum atomic E-state index is 13.6. The van der Waals surface area contributed by atoms with Crippen LogP contribution < -0.4 is 10.6 Å². The highest BCUT2D eigenvalue weighted by molar-refractivity contribution is 5.96. The van der Waals surface area contributed by atoms with Gasteiger partial charge < -0.3 is 10.6 Å². The number of nitrogens with two attached hydrogens (primary N) is 1. The standard InChI is InChI=1S/C11H12F2N2O/c1-6-2-9(13)10(4-8(6)12)15-5-7(14)3-11(15)16/h2,4,7H,3,5,14H2,1H3. The molecule has 1 aromatic carbocycles. The van der Waals surface area contributed by atoms with E-state index in [4.69, 9.17) is 5.73 Å². The lowest BCUT2D eigenvalue weighted by Crippen LogP contribution is -2.28. The van der Waals surface area contributed by atoms with Crippen molar-refractivity contribution in [3.8, 4) is 0 Å². The average molecular weight is 226 g/mol. The van der Waals surface area contributed by atoms with Crippen LogP contribution in [-0.2, 0) is 4.79 Å². The summed E-state index contributed by atoms with van der Waals surface area (Å²) in [5.41, 5.74) is 5.79. The van der Waals surface area contributed by atoms with Gasteiger partial charge >= 0.3 is 0 Å². The molecule has 2 rings (SSSR count). The highest BCUT2D eigenvalue weighted by atomic mass is 19.1. The summed E-state index contributed by atoms with van der Waals surface area (Å²) in [6, 6.07) is 1.82. The second kappa shape index (κ2) is 3.83. The molecule has 0 aromatic heterocycles. The molecule has 1 atom stereocenters. The van der Waals surface area contributed by atoms with Gasteiger partial charge in [0, 0.05) is 25.1 Å². The number of rotatable bonds is 1. The topological polar surface area (TPSA) is 46.3 Å². The number of hydrogen-bond donors (Lipinski definition) is 1. The molecule has 1 fully saturated rings. The van der Waals surface area contributed by atoms with Crippen LogP contribution in [0.15, 0.2) is 12.1 Å². The van der Waals surface area contributed by atoms with Crippen molar-refractivity contribution in [1.29, 1.82) is 0 Å². The number of halogens is 2. The highest BCUT2D eigenvalue weighted by Crippen LogP contribution is 2.26. The van der Waals surface area contributed by atoms with Gasteiger partial charge in [0.05, 0.1) is 5.69 Å². The maximum Gasteiger partial charge on any atom is 0.228 e. The van der Waals surface area contributed by atoms with Crippen LogP contribution in [0.25, 0.3) is 0 Å². The highest BCUT2D eigenvalue weighted by Gasteiger charge is 2.30. The summed E-state index contributed by atoms with van der Waals surface area (Å²) in [6.45, 7) is 1.71. The van der Waals surface area contributed by atoms with Gasteiger partial charge in [-0.2, -0.15) is 0 Å². The molecule has 1 aromatic rings. The molecule has 2 N–H and O–H groups in total. The summed E-state index contributed by atoms with van der Waals surface area (Å²) < 4.78 is 26.9. The molecule has 1 saturated heterocycles. The molecule has 1 unspecified atom stereocenters. The summed E-state index contributed by atoms with van der Waals surface area (Å²) >= 11 is 0. The fraction of sp³-hybridized carbons (Fsp3) is 0.364. The minimum absolute atomic E-state index is 0.0268. The second-order valence-corrected chi connectivity index (χ2v) is 4.02. The molecule has 0 spiro atoms. The van der Waals surface area contributed by atoms with E-state index in [0.717, 1.165) is 12.1 Å². The fourth-order valence-electron chi connectivity index (χ4n) is 1.81. The molecule has 1 heterocycles. The van der Waals surface area contributed by atoms with Crippen molar-refractivity contribution in [3.63, 3.8) is 0 Å². The normalized spacial score (nSPS) is 20.6. The zero-order valence-electron chi connectivity index (χ0n) is 8.84. The van der Waals surface area contributed by atoms with Gasteiger partial charge in [0.1, 0.15) is 11.6 Å². The van der Waals surface area contributed by atoms with Crippen LogP contribution in [0.4, 0.5) is 14.5 Å². The lowest BCUT2D eigenvalue weighted by molar-refractivity contribution is -0.117. The van der Waals surface area contributed by atoms with Gasteiger partial charge in [-0.1, -0.05) is 0 Å². The lowest BCUT2D eigenvalue weighted by Gasteiger charge is -2.17. The van der Waals surface area contributed by atoms with Crippen LogP contribution >= 0.6 is 0 Å². The van der Waals surface area contributed by atoms with Crippen LogP contribution in [0.5, 0.6) is 0 Å². The smallest absolute Gasteiger partial charge is 0.228 e. The van der Waals surface area contributed by atoms with Crippen molar-refractivity contribution in [2.75, 3.05) is 11.4 Å². The Kier molecular flexibility index (Phi) is 2.63. The summed E-state index contributed by atoms with van der Waals surface area (Å²) in [6.07, 6.45) is 0.176. The van der Waals surface area contributed by atoms with E-state index < -0.39 is 11.6 Å². The SMILES string of the molecule is Cc1cc(F)c(N2CC(N)CC2=O)cc1F. The third kappa shape index (κ3) is 1.78. The van der Waals surface area contributed by atoms with Gasteiger partial charge in [-0.05, 0) is 18.6 Å². The van der Waals surface area contributed by atoms with E-state index in [1.54, 1.807) is 0 Å². The van der Waals surface area contributed by atoms with E-state index >= 15 is 0 Å². The summed E-state index contributed by atoms with van der Waals surface area (Å²) in [4.78, 5) is 12.7. The van der Waals surface area contributed by atoms with Crippen LogP contribution in [-0.4, -0.2) is 18.5 Å². The number of amides is 1. The Morgan fingerprint density at radius 2 is 2.06 bits per heavy atom. The minimum atomic E-state index is -0.596. The summed E-state index contributed by atoms with van der Waals surface area (Å²) in [7, 11) is 0. The molecule has 16 heavy (non-hydrogen) atoms. The van der Waals surface area contributed by atoms with Gasteiger partial charge in [-0.15, -0.1) is 0 Å². The predicted octanol–water partition coefficient (Wildman–Crippen LogP) is 1.34. The molecular weight excluding hydrogens is 214 g/mol. The van der Waals surface area contributed by atoms with Gasteiger partial charge in [-0.3, -0.25) is 4.79 Å². The molecule has 1 aliphatic heterocycles. The van der Waals surface area contributed by atoms with E-state index in [1.165, 1.54) is 11.8 Å². The van der Waals surface area contributed by atoms with Crippen LogP contribution in [0.3, 0.4) is 0 Å². The van der Waals surface area contributed by atoms with Crippen molar-refractivity contribution < 1.29 is 13.6 Å². The summed E-state index contributed by atoms with van der Waals surface area (Å²) in [5.74, 6) is -1.39. The first-order valence-corrected chi connectivity index (χ1v) is 5.00. The van der Waals surface area contributed by atoms with Gasteiger partial charge in [0.25, 0.3) is 0 Å². The van der Waals surface area contributed by atoms with Gasteiger partial charge in [0.2, 0.25) is 5.91 Å². The molecule has 1 amide bonds. The third-order valence-corrected chi connectivity index (χ3v) is 2.67. The molecule has 0 saturated carbocycles. The zero-order chi connectivity index (χ0) is 11.9. The lowest BCUT2D eigenvalue weighted by atomic mass is 10.2. The first-order chi connectivity index (χ1) is 7.49. The van der Waals surface area contributed by atoms with E-state index in [9.17, 15) is 13.6 Å². The van der Waals surface area contributed by atoms with Crippen molar-refractivity contribution in [1.82, 2.24) is 0 Å². The van der Waals surface area contributed by atoms with E-state index in [-0.39, 0.29) is 36.2 Å². The number of aryl methyl sites for hydroxylation is 1. The average Bonchev–Trinajstić information content (AvgIpc) is 2.51. The molecule has 5 heteroatoms. The third-order valence-electron chi connectivity index (χ3n) is 2.67. The zero-order valence-corrected chi connectivity index (χ0v) is 8.84. The minimum Gasteiger partial charge on any atom is -0.326 e. The van der Waals surface area contributed by atoms with Crippen LogP contribution in [0, 0.1) is 18.6 Å². The number of benzene rings is 1. The van der Waals surface area contributed by atoms with Crippen molar-refractivity contribution >= 4 is 11.6 Å². The number of carbonyl (C=O) groups is 1. The largest absolute Gasteiger partial charge is 0.326 e. The quantitative estimate of drug-likeness (QED) is 0.785. The second-order valence-electron chi connectivity index (χ2n) is 4.02. The van der Waals surface area contributed by atoms with Crippen LogP contribution in [0.1, 0.15) is 12.0 Å². The molecule has 1 aliphatic rings. The van der Waals surface area contributed by atoms with Crippen molar-refractivity contribution in [2.24, 2.45) is 5.73 Å². The number of anilines is 1. The number of carbonyl (C=O) groups excluding carboxylic acids is 1. The Hall–Kier alpha value is -1.49. The maximum absolute atomic E-state index is 13.6. The van der Waals surface area contributed by atoms with E-state index in [2.05, 4.69) is 0 Å². The van der Waals surface area contributed by atoms with Gasteiger partial charge in [0.15, 0.2) is 0 Å². The monoisotopic (exact) mass is 226 g/mol. The molecule has 0 bridgehead atoms. The number of hydrogen-bond acceptors (Lipinski definition) is 2. The van der Waals surface area contributed by atoms with E-state index in [0.29, 0.717) is 0 Å². The predicted molar refractivity (Wildman–Crippen MR) is 56.0 cm³/mol. The van der Waals surface area contributed by atoms with Gasteiger partial charge in [-0.25, -0.2) is 8.78 Å². The van der Waals surface area contributed by atoms with Crippen molar-refractivity contribution in [3.05, 3.63) is 29.3 Å². The molecule has 86 valence electrons. The Labute approximate surface area is 91.8 Å². The Balaban J connectivity index is 2.41. The van der Waals surface area contributed by atoms with Crippen molar-refractivity contribution in [2.45, 2.75) is 19.4 Å².